The predicted molar refractivity (Wildman–Crippen MR) is 86.3 cm³/mol. The van der Waals surface area contributed by atoms with Gasteiger partial charge < -0.3 is 5.32 Å². The van der Waals surface area contributed by atoms with E-state index >= 15 is 0 Å². The Morgan fingerprint density at radius 3 is 2.77 bits per heavy atom. The number of nitrogens with one attached hydrogen (secondary N) is 1. The first-order valence-corrected chi connectivity index (χ1v) is 7.73. The lowest BCUT2D eigenvalue weighted by molar-refractivity contribution is -0.385. The second-order valence-electron chi connectivity index (χ2n) is 5.11. The number of fused-ring (bicyclic) bond motifs is 1. The van der Waals surface area contributed by atoms with Gasteiger partial charge in [0.1, 0.15) is 0 Å². The fourth-order valence-electron chi connectivity index (χ4n) is 2.50. The Labute approximate surface area is 131 Å². The third kappa shape index (κ3) is 2.69. The number of carbonyl (C=O) groups excluding carboxylic acids is 1. The molecule has 1 aliphatic rings. The monoisotopic (exact) mass is 314 g/mol. The minimum absolute atomic E-state index is 0.0140. The first kappa shape index (κ1) is 14.6. The van der Waals surface area contributed by atoms with E-state index in [9.17, 15) is 14.9 Å². The maximum Gasteiger partial charge on any atom is 0.274 e. The van der Waals surface area contributed by atoms with E-state index in [0.29, 0.717) is 17.7 Å². The second kappa shape index (κ2) is 5.81. The molecule has 3 rings (SSSR count). The average Bonchev–Trinajstić information content (AvgIpc) is 2.93. The number of benzene rings is 2. The van der Waals surface area contributed by atoms with Gasteiger partial charge in [-0.05, 0) is 31.0 Å². The zero-order chi connectivity index (χ0) is 15.7. The van der Waals surface area contributed by atoms with Gasteiger partial charge in [-0.25, -0.2) is 0 Å². The summed E-state index contributed by atoms with van der Waals surface area (Å²) in [6.45, 7) is 1.64. The number of carbonyl (C=O) groups is 1. The maximum atomic E-state index is 12.4. The number of anilines is 1. The second-order valence-corrected chi connectivity index (χ2v) is 6.36. The van der Waals surface area contributed by atoms with Crippen molar-refractivity contribution >= 4 is 29.0 Å². The molecule has 1 unspecified atom stereocenters. The van der Waals surface area contributed by atoms with Crippen molar-refractivity contribution in [3.8, 4) is 0 Å². The van der Waals surface area contributed by atoms with Gasteiger partial charge in [0, 0.05) is 11.0 Å². The summed E-state index contributed by atoms with van der Waals surface area (Å²) in [7, 11) is 0. The molecular formula is C16H14N2O3S. The van der Waals surface area contributed by atoms with Gasteiger partial charge in [0.2, 0.25) is 5.91 Å². The molecule has 1 heterocycles. The summed E-state index contributed by atoms with van der Waals surface area (Å²) in [4.78, 5) is 24.1. The van der Waals surface area contributed by atoms with Crippen molar-refractivity contribution in [1.82, 2.24) is 0 Å². The van der Waals surface area contributed by atoms with Crippen LogP contribution in [-0.2, 0) is 11.2 Å². The highest BCUT2D eigenvalue weighted by atomic mass is 32.2. The van der Waals surface area contributed by atoms with Crippen molar-refractivity contribution in [1.29, 1.82) is 0 Å². The van der Waals surface area contributed by atoms with Gasteiger partial charge in [0.05, 0.1) is 21.4 Å². The molecule has 2 aromatic rings. The summed E-state index contributed by atoms with van der Waals surface area (Å²) < 4.78 is 0. The molecule has 22 heavy (non-hydrogen) atoms. The molecule has 0 saturated carbocycles. The zero-order valence-electron chi connectivity index (χ0n) is 11.9. The molecule has 1 aliphatic heterocycles. The summed E-state index contributed by atoms with van der Waals surface area (Å²) >= 11 is 1.53. The Morgan fingerprint density at radius 1 is 1.27 bits per heavy atom. The van der Waals surface area contributed by atoms with Crippen LogP contribution in [0.15, 0.2) is 47.4 Å². The average molecular weight is 314 g/mol. The Morgan fingerprint density at radius 2 is 2.05 bits per heavy atom. The van der Waals surface area contributed by atoms with Crippen LogP contribution in [0, 0.1) is 17.0 Å². The molecule has 0 fully saturated rings. The van der Waals surface area contributed by atoms with Crippen molar-refractivity contribution in [2.45, 2.75) is 23.5 Å². The summed E-state index contributed by atoms with van der Waals surface area (Å²) in [5, 5.41) is 13.6. The van der Waals surface area contributed by atoms with E-state index < -0.39 is 4.92 Å². The Balaban J connectivity index is 1.76. The number of hydrogen-bond donors (Lipinski definition) is 1. The summed E-state index contributed by atoms with van der Waals surface area (Å²) in [6, 6.07) is 12.6. The topological polar surface area (TPSA) is 72.2 Å². The molecule has 112 valence electrons. The molecule has 1 amide bonds. The molecular weight excluding hydrogens is 300 g/mol. The predicted octanol–water partition coefficient (Wildman–Crippen LogP) is 3.56. The van der Waals surface area contributed by atoms with Gasteiger partial charge in [-0.1, -0.05) is 24.3 Å². The maximum absolute atomic E-state index is 12.4. The van der Waals surface area contributed by atoms with Crippen LogP contribution < -0.4 is 5.32 Å². The lowest BCUT2D eigenvalue weighted by Gasteiger charge is -2.12. The summed E-state index contributed by atoms with van der Waals surface area (Å²) in [5.74, 6) is -0.121. The molecule has 6 heteroatoms. The highest BCUT2D eigenvalue weighted by molar-refractivity contribution is 8.01. The van der Waals surface area contributed by atoms with E-state index in [0.717, 1.165) is 4.90 Å². The smallest absolute Gasteiger partial charge is 0.274 e. The Kier molecular flexibility index (Phi) is 3.85. The van der Waals surface area contributed by atoms with E-state index in [1.165, 1.54) is 23.4 Å². The number of rotatable bonds is 3. The number of nitro benzene ring substituents is 1. The molecule has 1 atom stereocenters. The number of amides is 1. The number of thioether (sulfide) groups is 1. The minimum atomic E-state index is -0.439. The molecule has 0 radical (unpaired) electrons. The van der Waals surface area contributed by atoms with Crippen LogP contribution in [0.4, 0.5) is 11.4 Å². The normalized spacial score (nSPS) is 16.1. The number of hydrogen-bond acceptors (Lipinski definition) is 4. The first-order valence-electron chi connectivity index (χ1n) is 6.85. The van der Waals surface area contributed by atoms with Gasteiger partial charge in [0.15, 0.2) is 0 Å². The van der Waals surface area contributed by atoms with Gasteiger partial charge in [-0.15, -0.1) is 11.8 Å². The third-order valence-corrected chi connectivity index (χ3v) is 5.02. The highest BCUT2D eigenvalue weighted by Gasteiger charge is 2.28. The summed E-state index contributed by atoms with van der Waals surface area (Å²) in [5.41, 5.74) is 2.15. The number of nitrogens with zero attached hydrogens (tertiary/aromatic N) is 1. The van der Waals surface area contributed by atoms with E-state index in [2.05, 4.69) is 5.32 Å². The van der Waals surface area contributed by atoms with Gasteiger partial charge >= 0.3 is 0 Å². The van der Waals surface area contributed by atoms with Crippen molar-refractivity contribution in [2.75, 3.05) is 5.32 Å². The SMILES string of the molecule is Cc1c(NC(=O)C2Cc3ccccc3S2)cccc1[N+](=O)[O-]. The van der Waals surface area contributed by atoms with Crippen LogP contribution in [0.3, 0.4) is 0 Å². The fraction of sp³-hybridized carbons (Fsp3) is 0.188. The molecule has 2 aromatic carbocycles. The Bertz CT molecular complexity index is 736. The molecule has 0 bridgehead atoms. The van der Waals surface area contributed by atoms with Crippen LogP contribution in [0.25, 0.3) is 0 Å². The van der Waals surface area contributed by atoms with Crippen LogP contribution in [-0.4, -0.2) is 16.1 Å². The molecule has 0 aromatic heterocycles. The van der Waals surface area contributed by atoms with Crippen molar-refractivity contribution in [2.24, 2.45) is 0 Å². The molecule has 5 nitrogen and oxygen atoms in total. The zero-order valence-corrected chi connectivity index (χ0v) is 12.7. The van der Waals surface area contributed by atoms with Crippen LogP contribution in [0.5, 0.6) is 0 Å². The minimum Gasteiger partial charge on any atom is -0.325 e. The third-order valence-electron chi connectivity index (χ3n) is 3.70. The van der Waals surface area contributed by atoms with E-state index in [1.807, 2.05) is 24.3 Å². The van der Waals surface area contributed by atoms with Gasteiger partial charge in [-0.3, -0.25) is 14.9 Å². The highest BCUT2D eigenvalue weighted by Crippen LogP contribution is 2.37. The fourth-order valence-corrected chi connectivity index (χ4v) is 3.69. The molecule has 0 saturated heterocycles. The van der Waals surface area contributed by atoms with Crippen LogP contribution in [0.1, 0.15) is 11.1 Å². The van der Waals surface area contributed by atoms with Crippen LogP contribution in [0.2, 0.25) is 0 Å². The quantitative estimate of drug-likeness (QED) is 0.694. The van der Waals surface area contributed by atoms with Crippen molar-refractivity contribution in [3.63, 3.8) is 0 Å². The molecule has 0 spiro atoms. The largest absolute Gasteiger partial charge is 0.325 e. The lowest BCUT2D eigenvalue weighted by atomic mass is 10.1. The molecule has 0 aliphatic carbocycles. The van der Waals surface area contributed by atoms with Gasteiger partial charge in [-0.2, -0.15) is 0 Å². The van der Waals surface area contributed by atoms with Gasteiger partial charge in [0.25, 0.3) is 5.69 Å². The van der Waals surface area contributed by atoms with E-state index in [-0.39, 0.29) is 16.8 Å². The van der Waals surface area contributed by atoms with Crippen molar-refractivity contribution in [3.05, 3.63) is 63.7 Å². The summed E-state index contributed by atoms with van der Waals surface area (Å²) in [6.07, 6.45) is 0.681. The molecule has 1 N–H and O–H groups in total. The lowest BCUT2D eigenvalue weighted by Crippen LogP contribution is -2.25. The van der Waals surface area contributed by atoms with Crippen LogP contribution >= 0.6 is 11.8 Å². The van der Waals surface area contributed by atoms with E-state index in [1.54, 1.807) is 19.1 Å². The van der Waals surface area contributed by atoms with Crippen molar-refractivity contribution < 1.29 is 9.72 Å². The Hall–Kier alpha value is -2.34. The number of nitro groups is 1. The first-order chi connectivity index (χ1) is 10.6. The standard InChI is InChI=1S/C16H14N2O3S/c1-10-12(6-4-7-13(10)18(20)21)17-16(19)15-9-11-5-2-3-8-14(11)22-15/h2-8,15H,9H2,1H3,(H,17,19). The van der Waals surface area contributed by atoms with E-state index in [4.69, 9.17) is 0 Å².